The maximum absolute atomic E-state index is 6.17. The molecule has 4 heteroatoms. The highest BCUT2D eigenvalue weighted by Gasteiger charge is 2.19. The molecule has 0 aromatic carbocycles. The van der Waals surface area contributed by atoms with Crippen LogP contribution >= 0.6 is 34.7 Å². The van der Waals surface area contributed by atoms with Gasteiger partial charge in [-0.2, -0.15) is 11.8 Å². The molecular formula is C12H18ClNS2. The van der Waals surface area contributed by atoms with Gasteiger partial charge >= 0.3 is 0 Å². The van der Waals surface area contributed by atoms with Crippen LogP contribution in [0, 0.1) is 0 Å². The summed E-state index contributed by atoms with van der Waals surface area (Å²) < 4.78 is 0. The quantitative estimate of drug-likeness (QED) is 0.858. The van der Waals surface area contributed by atoms with Gasteiger partial charge in [-0.15, -0.1) is 11.3 Å². The Hall–Kier alpha value is 0.300. The van der Waals surface area contributed by atoms with Gasteiger partial charge in [0.1, 0.15) is 0 Å². The number of rotatable bonds is 5. The molecule has 1 fully saturated rings. The number of hydrogen-bond donors (Lipinski definition) is 1. The Labute approximate surface area is 111 Å². The molecule has 1 aromatic heterocycles. The van der Waals surface area contributed by atoms with E-state index in [2.05, 4.69) is 22.5 Å². The molecule has 0 bridgehead atoms. The minimum atomic E-state index is 0.415. The van der Waals surface area contributed by atoms with Crippen LogP contribution in [0.25, 0.3) is 0 Å². The van der Waals surface area contributed by atoms with E-state index in [4.69, 9.17) is 11.6 Å². The highest BCUT2D eigenvalue weighted by molar-refractivity contribution is 7.99. The lowest BCUT2D eigenvalue weighted by Crippen LogP contribution is -2.19. The topological polar surface area (TPSA) is 12.0 Å². The van der Waals surface area contributed by atoms with E-state index in [1.165, 1.54) is 30.6 Å². The first-order chi connectivity index (χ1) is 7.81. The summed E-state index contributed by atoms with van der Waals surface area (Å²) in [5.41, 5.74) is 0. The summed E-state index contributed by atoms with van der Waals surface area (Å²) in [6.45, 7) is 0. The molecule has 1 aliphatic carbocycles. The van der Waals surface area contributed by atoms with Crippen molar-refractivity contribution in [3.8, 4) is 0 Å². The minimum Gasteiger partial charge on any atom is -0.312 e. The summed E-state index contributed by atoms with van der Waals surface area (Å²) in [7, 11) is 2.02. The SMILES string of the molecule is CNC(CSC1CCCC1)c1sccc1Cl. The zero-order valence-corrected chi connectivity index (χ0v) is 11.9. The molecule has 0 saturated heterocycles. The Kier molecular flexibility index (Phi) is 5.01. The van der Waals surface area contributed by atoms with Crippen LogP contribution in [0.1, 0.15) is 36.6 Å². The van der Waals surface area contributed by atoms with Crippen LogP contribution in [-0.4, -0.2) is 18.1 Å². The molecule has 2 rings (SSSR count). The summed E-state index contributed by atoms with van der Waals surface area (Å²) in [4.78, 5) is 1.29. The van der Waals surface area contributed by atoms with E-state index in [0.717, 1.165) is 16.0 Å². The molecule has 0 spiro atoms. The van der Waals surface area contributed by atoms with Gasteiger partial charge in [0.2, 0.25) is 0 Å². The molecule has 1 unspecified atom stereocenters. The zero-order valence-electron chi connectivity index (χ0n) is 9.54. The Bertz CT molecular complexity index is 321. The average molecular weight is 276 g/mol. The van der Waals surface area contributed by atoms with Gasteiger partial charge in [0.25, 0.3) is 0 Å². The maximum Gasteiger partial charge on any atom is 0.0561 e. The first-order valence-electron chi connectivity index (χ1n) is 5.83. The molecular weight excluding hydrogens is 258 g/mol. The second-order valence-electron chi connectivity index (χ2n) is 4.21. The lowest BCUT2D eigenvalue weighted by molar-refractivity contribution is 0.671. The molecule has 1 aromatic rings. The Morgan fingerprint density at radius 2 is 2.31 bits per heavy atom. The number of halogens is 1. The molecule has 1 aliphatic rings. The summed E-state index contributed by atoms with van der Waals surface area (Å²) in [6, 6.07) is 2.41. The fraction of sp³-hybridized carbons (Fsp3) is 0.667. The highest BCUT2D eigenvalue weighted by atomic mass is 35.5. The van der Waals surface area contributed by atoms with Crippen LogP contribution in [0.4, 0.5) is 0 Å². The molecule has 1 saturated carbocycles. The summed E-state index contributed by atoms with van der Waals surface area (Å²) >= 11 is 10.0. The van der Waals surface area contributed by atoms with Crippen LogP contribution in [0.15, 0.2) is 11.4 Å². The van der Waals surface area contributed by atoms with Crippen LogP contribution in [-0.2, 0) is 0 Å². The molecule has 16 heavy (non-hydrogen) atoms. The van der Waals surface area contributed by atoms with Gasteiger partial charge in [0.05, 0.1) is 11.1 Å². The van der Waals surface area contributed by atoms with Crippen molar-refractivity contribution in [1.82, 2.24) is 5.32 Å². The zero-order chi connectivity index (χ0) is 11.4. The van der Waals surface area contributed by atoms with Crippen molar-refractivity contribution in [2.75, 3.05) is 12.8 Å². The molecule has 1 heterocycles. The van der Waals surface area contributed by atoms with Crippen LogP contribution < -0.4 is 5.32 Å². The highest BCUT2D eigenvalue weighted by Crippen LogP contribution is 2.35. The normalized spacial score (nSPS) is 19.1. The third-order valence-electron chi connectivity index (χ3n) is 3.11. The number of thioether (sulfide) groups is 1. The maximum atomic E-state index is 6.17. The van der Waals surface area contributed by atoms with E-state index in [9.17, 15) is 0 Å². The second kappa shape index (κ2) is 6.29. The van der Waals surface area contributed by atoms with E-state index in [1.54, 1.807) is 11.3 Å². The number of hydrogen-bond acceptors (Lipinski definition) is 3. The molecule has 90 valence electrons. The Morgan fingerprint density at radius 3 is 2.88 bits per heavy atom. The van der Waals surface area contributed by atoms with Crippen LogP contribution in [0.3, 0.4) is 0 Å². The lowest BCUT2D eigenvalue weighted by Gasteiger charge is -2.17. The fourth-order valence-electron chi connectivity index (χ4n) is 2.13. The molecule has 1 N–H and O–H groups in total. The van der Waals surface area contributed by atoms with E-state index in [-0.39, 0.29) is 0 Å². The minimum absolute atomic E-state index is 0.415. The third kappa shape index (κ3) is 3.16. The molecule has 1 atom stereocenters. The molecule has 0 amide bonds. The van der Waals surface area contributed by atoms with Gasteiger partial charge in [0, 0.05) is 15.9 Å². The van der Waals surface area contributed by atoms with E-state index < -0.39 is 0 Å². The van der Waals surface area contributed by atoms with Gasteiger partial charge in [-0.3, -0.25) is 0 Å². The summed E-state index contributed by atoms with van der Waals surface area (Å²) in [5.74, 6) is 1.14. The fourth-order valence-corrected chi connectivity index (χ4v) is 5.00. The van der Waals surface area contributed by atoms with Crippen molar-refractivity contribution >= 4 is 34.7 Å². The van der Waals surface area contributed by atoms with Crippen LogP contribution in [0.2, 0.25) is 5.02 Å². The van der Waals surface area contributed by atoms with Crippen molar-refractivity contribution in [3.05, 3.63) is 21.3 Å². The van der Waals surface area contributed by atoms with Gasteiger partial charge in [-0.1, -0.05) is 24.4 Å². The van der Waals surface area contributed by atoms with E-state index in [1.807, 2.05) is 13.1 Å². The van der Waals surface area contributed by atoms with Gasteiger partial charge < -0.3 is 5.32 Å². The predicted molar refractivity (Wildman–Crippen MR) is 75.8 cm³/mol. The Morgan fingerprint density at radius 1 is 1.56 bits per heavy atom. The molecule has 0 aliphatic heterocycles. The predicted octanol–water partition coefficient (Wildman–Crippen LogP) is 4.34. The number of nitrogens with one attached hydrogen (secondary N) is 1. The smallest absolute Gasteiger partial charge is 0.0561 e. The van der Waals surface area contributed by atoms with E-state index >= 15 is 0 Å². The van der Waals surface area contributed by atoms with Crippen molar-refractivity contribution in [2.24, 2.45) is 0 Å². The second-order valence-corrected chi connectivity index (χ2v) is 6.90. The lowest BCUT2D eigenvalue weighted by atomic mass is 10.3. The van der Waals surface area contributed by atoms with Gasteiger partial charge in [0.15, 0.2) is 0 Å². The van der Waals surface area contributed by atoms with E-state index in [0.29, 0.717) is 6.04 Å². The standard InChI is InChI=1S/C12H18ClNS2/c1-14-11(12-10(13)6-7-15-12)8-16-9-4-2-3-5-9/h6-7,9,11,14H,2-5,8H2,1H3. The third-order valence-corrected chi connectivity index (χ3v) is 6.05. The first-order valence-corrected chi connectivity index (χ1v) is 8.13. The largest absolute Gasteiger partial charge is 0.312 e. The van der Waals surface area contributed by atoms with Crippen molar-refractivity contribution in [3.63, 3.8) is 0 Å². The Balaban J connectivity index is 1.88. The summed E-state index contributed by atoms with van der Waals surface area (Å²) in [6.07, 6.45) is 5.64. The monoisotopic (exact) mass is 275 g/mol. The van der Waals surface area contributed by atoms with Gasteiger partial charge in [-0.25, -0.2) is 0 Å². The number of thiophene rings is 1. The van der Waals surface area contributed by atoms with Crippen molar-refractivity contribution in [2.45, 2.75) is 37.0 Å². The van der Waals surface area contributed by atoms with Crippen LogP contribution in [0.5, 0.6) is 0 Å². The van der Waals surface area contributed by atoms with Gasteiger partial charge in [-0.05, 0) is 31.3 Å². The molecule has 1 nitrogen and oxygen atoms in total. The average Bonchev–Trinajstić information content (AvgIpc) is 2.92. The summed E-state index contributed by atoms with van der Waals surface area (Å²) in [5, 5.41) is 7.24. The molecule has 0 radical (unpaired) electrons. The first kappa shape index (κ1) is 12.7. The van der Waals surface area contributed by atoms with Crippen molar-refractivity contribution < 1.29 is 0 Å². The van der Waals surface area contributed by atoms with Crippen molar-refractivity contribution in [1.29, 1.82) is 0 Å².